The van der Waals surface area contributed by atoms with Gasteiger partial charge in [-0.05, 0) is 51.6 Å². The number of nitrogens with two attached hydrogens (primary N) is 1. The fourth-order valence-electron chi connectivity index (χ4n) is 2.56. The Morgan fingerprint density at radius 2 is 2.20 bits per heavy atom. The van der Waals surface area contributed by atoms with Gasteiger partial charge < -0.3 is 10.6 Å². The summed E-state index contributed by atoms with van der Waals surface area (Å²) in [7, 11) is 0. The first kappa shape index (κ1) is 13.0. The van der Waals surface area contributed by atoms with E-state index in [0.717, 1.165) is 5.92 Å². The quantitative estimate of drug-likeness (QED) is 0.657. The smallest absolute Gasteiger partial charge is 0.00104 e. The van der Waals surface area contributed by atoms with Crippen LogP contribution in [0.15, 0.2) is 0 Å². The van der Waals surface area contributed by atoms with Crippen molar-refractivity contribution in [3.63, 3.8) is 0 Å². The number of likely N-dealkylation sites (tertiary alicyclic amines) is 1. The van der Waals surface area contributed by atoms with Crippen LogP contribution in [0.5, 0.6) is 0 Å². The van der Waals surface area contributed by atoms with E-state index in [2.05, 4.69) is 18.7 Å². The molecule has 0 bridgehead atoms. The number of hydrogen-bond donors (Lipinski definition) is 1. The third-order valence-electron chi connectivity index (χ3n) is 3.45. The molecule has 2 unspecified atom stereocenters. The Balaban J connectivity index is 1.99. The van der Waals surface area contributed by atoms with Crippen LogP contribution in [-0.2, 0) is 0 Å². The van der Waals surface area contributed by atoms with Crippen molar-refractivity contribution in [2.24, 2.45) is 11.7 Å². The molecule has 0 spiro atoms. The van der Waals surface area contributed by atoms with Crippen LogP contribution in [0.25, 0.3) is 0 Å². The third-order valence-corrected chi connectivity index (χ3v) is 3.45. The van der Waals surface area contributed by atoms with Crippen molar-refractivity contribution in [1.29, 1.82) is 0 Å². The minimum Gasteiger partial charge on any atom is -0.328 e. The van der Waals surface area contributed by atoms with Gasteiger partial charge in [-0.15, -0.1) is 0 Å². The molecule has 90 valence electrons. The number of rotatable bonds is 7. The molecule has 0 radical (unpaired) electrons. The molecule has 0 amide bonds. The molecular formula is C13H28N2. The van der Waals surface area contributed by atoms with Gasteiger partial charge in [0, 0.05) is 12.6 Å². The Hall–Kier alpha value is -0.0800. The second-order valence-corrected chi connectivity index (χ2v) is 5.22. The SMILES string of the molecule is CCCC1CCN(CCCCC(C)N)C1. The van der Waals surface area contributed by atoms with Gasteiger partial charge in [0.25, 0.3) is 0 Å². The monoisotopic (exact) mass is 212 g/mol. The lowest BCUT2D eigenvalue weighted by Crippen LogP contribution is -2.22. The van der Waals surface area contributed by atoms with Gasteiger partial charge in [0.15, 0.2) is 0 Å². The normalized spacial score (nSPS) is 24.6. The van der Waals surface area contributed by atoms with Crippen LogP contribution < -0.4 is 5.73 Å². The summed E-state index contributed by atoms with van der Waals surface area (Å²) in [4.78, 5) is 2.64. The molecule has 0 aromatic carbocycles. The minimum atomic E-state index is 0.386. The molecule has 0 aliphatic carbocycles. The number of nitrogens with zero attached hydrogens (tertiary/aromatic N) is 1. The molecule has 2 N–H and O–H groups in total. The maximum atomic E-state index is 5.73. The maximum Gasteiger partial charge on any atom is 0.00104 e. The summed E-state index contributed by atoms with van der Waals surface area (Å²) in [6, 6.07) is 0.386. The average molecular weight is 212 g/mol. The van der Waals surface area contributed by atoms with Gasteiger partial charge in [0.1, 0.15) is 0 Å². The van der Waals surface area contributed by atoms with E-state index in [4.69, 9.17) is 5.73 Å². The van der Waals surface area contributed by atoms with Crippen LogP contribution in [0.1, 0.15) is 52.4 Å². The lowest BCUT2D eigenvalue weighted by Gasteiger charge is -2.15. The van der Waals surface area contributed by atoms with E-state index in [1.165, 1.54) is 58.2 Å². The first-order chi connectivity index (χ1) is 7.22. The van der Waals surface area contributed by atoms with Crippen LogP contribution in [0.3, 0.4) is 0 Å². The Morgan fingerprint density at radius 1 is 1.40 bits per heavy atom. The highest BCUT2D eigenvalue weighted by Crippen LogP contribution is 2.21. The fraction of sp³-hybridized carbons (Fsp3) is 1.00. The van der Waals surface area contributed by atoms with E-state index in [0.29, 0.717) is 6.04 Å². The molecule has 1 aliphatic heterocycles. The Morgan fingerprint density at radius 3 is 2.87 bits per heavy atom. The van der Waals surface area contributed by atoms with Crippen molar-refractivity contribution in [2.45, 2.75) is 58.4 Å². The highest BCUT2D eigenvalue weighted by Gasteiger charge is 2.20. The standard InChI is InChI=1S/C13H28N2/c1-3-6-13-8-10-15(11-13)9-5-4-7-12(2)14/h12-13H,3-11,14H2,1-2H3. The second-order valence-electron chi connectivity index (χ2n) is 5.22. The van der Waals surface area contributed by atoms with Crippen molar-refractivity contribution in [2.75, 3.05) is 19.6 Å². The summed E-state index contributed by atoms with van der Waals surface area (Å²) in [6.07, 6.45) is 8.03. The lowest BCUT2D eigenvalue weighted by atomic mass is 10.0. The van der Waals surface area contributed by atoms with Crippen molar-refractivity contribution in [1.82, 2.24) is 4.90 Å². The molecule has 1 saturated heterocycles. The van der Waals surface area contributed by atoms with Gasteiger partial charge in [0.2, 0.25) is 0 Å². The van der Waals surface area contributed by atoms with Crippen molar-refractivity contribution in [3.8, 4) is 0 Å². The van der Waals surface area contributed by atoms with E-state index in [1.807, 2.05) is 0 Å². The largest absolute Gasteiger partial charge is 0.328 e. The van der Waals surface area contributed by atoms with Gasteiger partial charge >= 0.3 is 0 Å². The first-order valence-electron chi connectivity index (χ1n) is 6.70. The molecule has 1 aliphatic rings. The van der Waals surface area contributed by atoms with Crippen LogP contribution in [0.4, 0.5) is 0 Å². The zero-order valence-electron chi connectivity index (χ0n) is 10.5. The maximum absolute atomic E-state index is 5.73. The summed E-state index contributed by atoms with van der Waals surface area (Å²) in [5.74, 6) is 0.989. The Kier molecular flexibility index (Phi) is 6.26. The second kappa shape index (κ2) is 7.24. The van der Waals surface area contributed by atoms with Gasteiger partial charge in [-0.3, -0.25) is 0 Å². The number of hydrogen-bond acceptors (Lipinski definition) is 2. The molecule has 2 heteroatoms. The highest BCUT2D eigenvalue weighted by atomic mass is 15.1. The molecule has 2 nitrogen and oxygen atoms in total. The summed E-state index contributed by atoms with van der Waals surface area (Å²) < 4.78 is 0. The van der Waals surface area contributed by atoms with E-state index < -0.39 is 0 Å². The van der Waals surface area contributed by atoms with E-state index in [-0.39, 0.29) is 0 Å². The predicted octanol–water partition coefficient (Wildman–Crippen LogP) is 2.63. The molecule has 0 saturated carbocycles. The van der Waals surface area contributed by atoms with Crippen LogP contribution in [0.2, 0.25) is 0 Å². The average Bonchev–Trinajstić information content (AvgIpc) is 2.61. The predicted molar refractivity (Wildman–Crippen MR) is 67.0 cm³/mol. The molecule has 1 fully saturated rings. The van der Waals surface area contributed by atoms with Gasteiger partial charge in [-0.1, -0.05) is 19.8 Å². The van der Waals surface area contributed by atoms with Crippen LogP contribution in [-0.4, -0.2) is 30.6 Å². The first-order valence-corrected chi connectivity index (χ1v) is 6.70. The fourth-order valence-corrected chi connectivity index (χ4v) is 2.56. The van der Waals surface area contributed by atoms with Crippen LogP contribution >= 0.6 is 0 Å². The Bertz CT molecular complexity index is 157. The van der Waals surface area contributed by atoms with Crippen molar-refractivity contribution >= 4 is 0 Å². The summed E-state index contributed by atoms with van der Waals surface area (Å²) in [5.41, 5.74) is 5.73. The molecule has 0 aromatic heterocycles. The van der Waals surface area contributed by atoms with E-state index in [1.54, 1.807) is 0 Å². The summed E-state index contributed by atoms with van der Waals surface area (Å²) in [6.45, 7) is 8.39. The number of unbranched alkanes of at least 4 members (excludes halogenated alkanes) is 1. The van der Waals surface area contributed by atoms with Crippen molar-refractivity contribution in [3.05, 3.63) is 0 Å². The molecule has 1 rings (SSSR count). The van der Waals surface area contributed by atoms with E-state index >= 15 is 0 Å². The highest BCUT2D eigenvalue weighted by molar-refractivity contribution is 4.75. The van der Waals surface area contributed by atoms with Gasteiger partial charge in [-0.25, -0.2) is 0 Å². The zero-order valence-corrected chi connectivity index (χ0v) is 10.5. The van der Waals surface area contributed by atoms with Gasteiger partial charge in [0.05, 0.1) is 0 Å². The molecule has 1 heterocycles. The molecular weight excluding hydrogens is 184 g/mol. The summed E-state index contributed by atoms with van der Waals surface area (Å²) in [5, 5.41) is 0. The topological polar surface area (TPSA) is 29.3 Å². The third kappa shape index (κ3) is 5.53. The summed E-state index contributed by atoms with van der Waals surface area (Å²) >= 11 is 0. The van der Waals surface area contributed by atoms with Gasteiger partial charge in [-0.2, -0.15) is 0 Å². The Labute approximate surface area is 95.2 Å². The zero-order chi connectivity index (χ0) is 11.1. The van der Waals surface area contributed by atoms with Crippen LogP contribution in [0, 0.1) is 5.92 Å². The van der Waals surface area contributed by atoms with E-state index in [9.17, 15) is 0 Å². The minimum absolute atomic E-state index is 0.386. The molecule has 0 aromatic rings. The molecule has 2 atom stereocenters. The molecule has 15 heavy (non-hydrogen) atoms. The van der Waals surface area contributed by atoms with Crippen molar-refractivity contribution < 1.29 is 0 Å². The lowest BCUT2D eigenvalue weighted by molar-refractivity contribution is 0.310.